The van der Waals surface area contributed by atoms with Crippen molar-refractivity contribution < 1.29 is 0 Å². The standard InChI is InChI=1S/C30H32P2/c1-23-9-5-13-27(19-23)31(28-14-6-10-24(2)20-28)17-18-32(29-15-7-11-25(3)21-29)30-16-8-12-26(4)22-30/h5-16,19-22H,17-18H2,1-4H3. The first kappa shape index (κ1) is 22.9. The van der Waals surface area contributed by atoms with Gasteiger partial charge in [0.1, 0.15) is 0 Å². The molecule has 0 saturated heterocycles. The van der Waals surface area contributed by atoms with Crippen molar-refractivity contribution in [3.05, 3.63) is 119 Å². The predicted octanol–water partition coefficient (Wildman–Crippen LogP) is 6.49. The van der Waals surface area contributed by atoms with Crippen LogP contribution < -0.4 is 21.2 Å². The Morgan fingerprint density at radius 2 is 0.656 bits per heavy atom. The van der Waals surface area contributed by atoms with Gasteiger partial charge in [-0.2, -0.15) is 0 Å². The van der Waals surface area contributed by atoms with Gasteiger partial charge in [-0.15, -0.1) is 0 Å². The van der Waals surface area contributed by atoms with E-state index in [2.05, 4.69) is 125 Å². The normalized spacial score (nSPS) is 11.3. The topological polar surface area (TPSA) is 0 Å². The monoisotopic (exact) mass is 454 g/mol. The fourth-order valence-corrected chi connectivity index (χ4v) is 9.93. The third-order valence-corrected chi connectivity index (χ3v) is 11.1. The number of aryl methyl sites for hydroxylation is 4. The van der Waals surface area contributed by atoms with Crippen molar-refractivity contribution in [1.29, 1.82) is 0 Å². The molecule has 0 saturated carbocycles. The Morgan fingerprint density at radius 1 is 0.406 bits per heavy atom. The van der Waals surface area contributed by atoms with Crippen LogP contribution in [0.25, 0.3) is 0 Å². The van der Waals surface area contributed by atoms with E-state index < -0.39 is 15.8 Å². The van der Waals surface area contributed by atoms with E-state index in [0.29, 0.717) is 0 Å². The van der Waals surface area contributed by atoms with Crippen LogP contribution in [0.3, 0.4) is 0 Å². The highest BCUT2D eigenvalue weighted by Crippen LogP contribution is 2.41. The molecule has 0 fully saturated rings. The Kier molecular flexibility index (Phi) is 7.57. The maximum atomic E-state index is 2.40. The van der Waals surface area contributed by atoms with Crippen molar-refractivity contribution in [3.63, 3.8) is 0 Å². The SMILES string of the molecule is Cc1cccc(P(CCP(c2cccc(C)c2)c2cccc(C)c2)c2cccc(C)c2)c1. The van der Waals surface area contributed by atoms with E-state index in [9.17, 15) is 0 Å². The summed E-state index contributed by atoms with van der Waals surface area (Å²) < 4.78 is 0. The lowest BCUT2D eigenvalue weighted by Crippen LogP contribution is -2.20. The average molecular weight is 455 g/mol. The van der Waals surface area contributed by atoms with Gasteiger partial charge in [-0.1, -0.05) is 119 Å². The minimum absolute atomic E-state index is 0.396. The quantitative estimate of drug-likeness (QED) is 0.280. The third kappa shape index (κ3) is 5.75. The van der Waals surface area contributed by atoms with E-state index in [-0.39, 0.29) is 0 Å². The van der Waals surface area contributed by atoms with Gasteiger partial charge in [0.2, 0.25) is 0 Å². The second-order valence-corrected chi connectivity index (χ2v) is 13.3. The molecule has 0 bridgehead atoms. The summed E-state index contributed by atoms with van der Waals surface area (Å²) >= 11 is 0. The fourth-order valence-electron chi connectivity index (χ4n) is 4.20. The molecule has 0 spiro atoms. The van der Waals surface area contributed by atoms with E-state index in [4.69, 9.17) is 0 Å². The van der Waals surface area contributed by atoms with Crippen LogP contribution in [0.5, 0.6) is 0 Å². The van der Waals surface area contributed by atoms with Crippen molar-refractivity contribution in [2.75, 3.05) is 12.3 Å². The van der Waals surface area contributed by atoms with Crippen LogP contribution >= 0.6 is 15.8 Å². The van der Waals surface area contributed by atoms with Gasteiger partial charge in [-0.25, -0.2) is 0 Å². The minimum Gasteiger partial charge on any atom is -0.0614 e. The third-order valence-electron chi connectivity index (χ3n) is 5.80. The summed E-state index contributed by atoms with van der Waals surface area (Å²) in [6, 6.07) is 36.7. The summed E-state index contributed by atoms with van der Waals surface area (Å²) in [5, 5.41) is 5.98. The van der Waals surface area contributed by atoms with Crippen molar-refractivity contribution in [3.8, 4) is 0 Å². The van der Waals surface area contributed by atoms with Crippen LogP contribution in [-0.2, 0) is 0 Å². The van der Waals surface area contributed by atoms with Crippen LogP contribution in [0.2, 0.25) is 0 Å². The van der Waals surface area contributed by atoms with E-state index >= 15 is 0 Å². The number of rotatable bonds is 7. The molecule has 32 heavy (non-hydrogen) atoms. The van der Waals surface area contributed by atoms with Crippen LogP contribution in [0, 0.1) is 27.7 Å². The van der Waals surface area contributed by atoms with Gasteiger partial charge < -0.3 is 0 Å². The van der Waals surface area contributed by atoms with Gasteiger partial charge in [-0.05, 0) is 77.1 Å². The zero-order valence-electron chi connectivity index (χ0n) is 19.5. The van der Waals surface area contributed by atoms with Gasteiger partial charge >= 0.3 is 0 Å². The summed E-state index contributed by atoms with van der Waals surface area (Å²) in [6.07, 6.45) is 2.41. The van der Waals surface area contributed by atoms with Crippen LogP contribution in [-0.4, -0.2) is 12.3 Å². The lowest BCUT2D eigenvalue weighted by molar-refractivity contribution is 1.46. The second kappa shape index (κ2) is 10.6. The first-order valence-corrected chi connectivity index (χ1v) is 14.4. The molecule has 2 heteroatoms. The summed E-state index contributed by atoms with van der Waals surface area (Å²) in [5.41, 5.74) is 5.40. The van der Waals surface area contributed by atoms with Gasteiger partial charge in [0, 0.05) is 0 Å². The maximum Gasteiger partial charge on any atom is -0.0192 e. The van der Waals surface area contributed by atoms with Crippen LogP contribution in [0.4, 0.5) is 0 Å². The second-order valence-electron chi connectivity index (χ2n) is 8.66. The first-order valence-electron chi connectivity index (χ1n) is 11.3. The molecule has 4 aromatic carbocycles. The number of hydrogen-bond acceptors (Lipinski definition) is 0. The highest BCUT2D eigenvalue weighted by molar-refractivity contribution is 7.76. The van der Waals surface area contributed by atoms with Crippen molar-refractivity contribution in [2.45, 2.75) is 27.7 Å². The van der Waals surface area contributed by atoms with E-state index in [1.54, 1.807) is 0 Å². The number of hydrogen-bond donors (Lipinski definition) is 0. The molecule has 0 amide bonds. The summed E-state index contributed by atoms with van der Waals surface area (Å²) in [4.78, 5) is 0. The molecule has 0 aliphatic heterocycles. The molecule has 0 heterocycles. The zero-order valence-corrected chi connectivity index (χ0v) is 21.3. The van der Waals surface area contributed by atoms with E-state index in [1.807, 2.05) is 0 Å². The Labute approximate surface area is 196 Å². The lowest BCUT2D eigenvalue weighted by Gasteiger charge is -2.25. The molecular formula is C30H32P2. The van der Waals surface area contributed by atoms with Gasteiger partial charge in [0.25, 0.3) is 0 Å². The molecule has 0 atom stereocenters. The molecule has 4 rings (SSSR count). The van der Waals surface area contributed by atoms with Gasteiger partial charge in [0.05, 0.1) is 0 Å². The van der Waals surface area contributed by atoms with Gasteiger partial charge in [-0.3, -0.25) is 0 Å². The number of benzene rings is 4. The molecular weight excluding hydrogens is 422 g/mol. The largest absolute Gasteiger partial charge is 0.0614 e. The van der Waals surface area contributed by atoms with E-state index in [0.717, 1.165) is 0 Å². The maximum absolute atomic E-state index is 2.40. The summed E-state index contributed by atoms with van der Waals surface area (Å²) in [5.74, 6) is 0. The van der Waals surface area contributed by atoms with Gasteiger partial charge in [0.15, 0.2) is 0 Å². The molecule has 0 unspecified atom stereocenters. The Morgan fingerprint density at radius 3 is 0.875 bits per heavy atom. The van der Waals surface area contributed by atoms with Crippen LogP contribution in [0.1, 0.15) is 22.3 Å². The molecule has 0 nitrogen and oxygen atoms in total. The zero-order chi connectivity index (χ0) is 22.5. The van der Waals surface area contributed by atoms with Crippen LogP contribution in [0.15, 0.2) is 97.1 Å². The first-order chi connectivity index (χ1) is 15.5. The molecule has 0 aromatic heterocycles. The Bertz CT molecular complexity index is 1010. The van der Waals surface area contributed by atoms with Crippen molar-refractivity contribution in [1.82, 2.24) is 0 Å². The highest BCUT2D eigenvalue weighted by Gasteiger charge is 2.20. The molecule has 0 radical (unpaired) electrons. The molecule has 0 aliphatic rings. The molecule has 162 valence electrons. The predicted molar refractivity (Wildman–Crippen MR) is 147 cm³/mol. The summed E-state index contributed by atoms with van der Waals surface area (Å²) in [6.45, 7) is 8.83. The Hall–Kier alpha value is -2.26. The van der Waals surface area contributed by atoms with Crippen molar-refractivity contribution >= 4 is 37.1 Å². The smallest absolute Gasteiger partial charge is 0.0192 e. The van der Waals surface area contributed by atoms with E-state index in [1.165, 1.54) is 55.8 Å². The molecule has 0 aliphatic carbocycles. The fraction of sp³-hybridized carbons (Fsp3) is 0.200. The highest BCUT2D eigenvalue weighted by atomic mass is 31.1. The van der Waals surface area contributed by atoms with Crippen molar-refractivity contribution in [2.24, 2.45) is 0 Å². The molecule has 4 aromatic rings. The minimum atomic E-state index is -0.396. The average Bonchev–Trinajstić information content (AvgIpc) is 2.77. The summed E-state index contributed by atoms with van der Waals surface area (Å²) in [7, 11) is -0.791. The molecule has 0 N–H and O–H groups in total. The Balaban J connectivity index is 1.71. The lowest BCUT2D eigenvalue weighted by atomic mass is 10.2.